The normalized spacial score (nSPS) is 11.2. The summed E-state index contributed by atoms with van der Waals surface area (Å²) in [4.78, 5) is 11.3. The largest absolute Gasteiger partial charge is 0.490 e. The van der Waals surface area contributed by atoms with Crippen molar-refractivity contribution < 1.29 is 14.0 Å². The van der Waals surface area contributed by atoms with Crippen molar-refractivity contribution >= 4 is 0 Å². The summed E-state index contributed by atoms with van der Waals surface area (Å²) in [6.07, 6.45) is 3.60. The molecule has 0 aliphatic carbocycles. The van der Waals surface area contributed by atoms with Gasteiger partial charge in [-0.25, -0.2) is 0 Å². The Kier molecular flexibility index (Phi) is 9.01. The lowest BCUT2D eigenvalue weighted by molar-refractivity contribution is 0.288. The van der Waals surface area contributed by atoms with E-state index in [1.165, 1.54) is 0 Å². The van der Waals surface area contributed by atoms with Crippen molar-refractivity contribution in [1.82, 2.24) is 25.3 Å². The highest BCUT2D eigenvalue weighted by Gasteiger charge is 2.14. The van der Waals surface area contributed by atoms with E-state index in [1.54, 1.807) is 6.20 Å². The van der Waals surface area contributed by atoms with Crippen molar-refractivity contribution in [3.05, 3.63) is 42.2 Å². The quantitative estimate of drug-likeness (QED) is 0.400. The molecular formula is C24H33N5O3. The summed E-state index contributed by atoms with van der Waals surface area (Å²) in [5, 5.41) is 7.63. The minimum Gasteiger partial charge on any atom is -0.490 e. The van der Waals surface area contributed by atoms with Crippen molar-refractivity contribution in [2.45, 2.75) is 34.2 Å². The van der Waals surface area contributed by atoms with Crippen LogP contribution in [0.5, 0.6) is 11.5 Å². The van der Waals surface area contributed by atoms with E-state index in [4.69, 9.17) is 14.0 Å². The molecule has 3 rings (SSSR count). The molecule has 2 aromatic heterocycles. The van der Waals surface area contributed by atoms with Gasteiger partial charge >= 0.3 is 0 Å². The van der Waals surface area contributed by atoms with Gasteiger partial charge in [0.25, 0.3) is 5.89 Å². The number of pyridine rings is 1. The standard InChI is InChI=1S/C24H33N5O3/c1-5-29(6-2)12-11-25-15-18-13-20(17-26-16-18)23-27-24(32-28-23)19-9-10-21(30-7-3)22(14-19)31-8-4/h9-10,13-14,16-17,25H,5-8,11-12,15H2,1-4H3. The maximum Gasteiger partial charge on any atom is 0.258 e. The third-order valence-electron chi connectivity index (χ3n) is 5.10. The molecule has 0 saturated carbocycles. The number of hydrogen-bond donors (Lipinski definition) is 1. The Bertz CT molecular complexity index is 972. The first-order chi connectivity index (χ1) is 15.7. The van der Waals surface area contributed by atoms with Gasteiger partial charge in [-0.05, 0) is 56.8 Å². The molecular weight excluding hydrogens is 406 g/mol. The van der Waals surface area contributed by atoms with Crippen LogP contribution in [0.2, 0.25) is 0 Å². The molecule has 0 amide bonds. The van der Waals surface area contributed by atoms with Crippen LogP contribution >= 0.6 is 0 Å². The van der Waals surface area contributed by atoms with Gasteiger partial charge in [-0.2, -0.15) is 4.98 Å². The van der Waals surface area contributed by atoms with E-state index in [9.17, 15) is 0 Å². The fourth-order valence-corrected chi connectivity index (χ4v) is 3.36. The third-order valence-corrected chi connectivity index (χ3v) is 5.10. The summed E-state index contributed by atoms with van der Waals surface area (Å²) < 4.78 is 16.8. The Hall–Kier alpha value is -2.97. The van der Waals surface area contributed by atoms with Crippen molar-refractivity contribution in [3.8, 4) is 34.3 Å². The zero-order valence-electron chi connectivity index (χ0n) is 19.4. The highest BCUT2D eigenvalue weighted by molar-refractivity contribution is 5.63. The van der Waals surface area contributed by atoms with Gasteiger partial charge in [-0.3, -0.25) is 4.98 Å². The monoisotopic (exact) mass is 439 g/mol. The van der Waals surface area contributed by atoms with Crippen LogP contribution in [0.1, 0.15) is 33.3 Å². The van der Waals surface area contributed by atoms with Crippen LogP contribution < -0.4 is 14.8 Å². The van der Waals surface area contributed by atoms with E-state index in [0.29, 0.717) is 36.4 Å². The molecule has 0 radical (unpaired) electrons. The minimum absolute atomic E-state index is 0.423. The van der Waals surface area contributed by atoms with Gasteiger partial charge in [0.15, 0.2) is 11.5 Å². The second-order valence-electron chi connectivity index (χ2n) is 7.24. The first-order valence-electron chi connectivity index (χ1n) is 11.3. The van der Waals surface area contributed by atoms with Crippen molar-refractivity contribution in [2.75, 3.05) is 39.4 Å². The number of likely N-dealkylation sites (N-methyl/N-ethyl adjacent to an activating group) is 1. The molecule has 0 fully saturated rings. The van der Waals surface area contributed by atoms with Gasteiger partial charge in [0.1, 0.15) is 0 Å². The summed E-state index contributed by atoms with van der Waals surface area (Å²) >= 11 is 0. The molecule has 1 aromatic carbocycles. The number of rotatable bonds is 13. The lowest BCUT2D eigenvalue weighted by Gasteiger charge is -2.17. The summed E-state index contributed by atoms with van der Waals surface area (Å²) in [6.45, 7) is 14.2. The van der Waals surface area contributed by atoms with Crippen molar-refractivity contribution in [3.63, 3.8) is 0 Å². The molecule has 3 aromatic rings. The first kappa shape index (κ1) is 23.7. The Labute approximate surface area is 190 Å². The molecule has 0 bridgehead atoms. The Balaban J connectivity index is 1.69. The van der Waals surface area contributed by atoms with Crippen LogP contribution in [0.3, 0.4) is 0 Å². The van der Waals surface area contributed by atoms with E-state index in [-0.39, 0.29) is 0 Å². The van der Waals surface area contributed by atoms with Crippen molar-refractivity contribution in [2.24, 2.45) is 0 Å². The van der Waals surface area contributed by atoms with Crippen LogP contribution in [0.15, 0.2) is 41.2 Å². The number of ether oxygens (including phenoxy) is 2. The number of nitrogens with zero attached hydrogens (tertiary/aromatic N) is 4. The van der Waals surface area contributed by atoms with Crippen LogP contribution in [0.4, 0.5) is 0 Å². The van der Waals surface area contributed by atoms with Gasteiger partial charge in [-0.1, -0.05) is 19.0 Å². The van der Waals surface area contributed by atoms with E-state index in [2.05, 4.69) is 39.2 Å². The highest BCUT2D eigenvalue weighted by atomic mass is 16.5. The van der Waals surface area contributed by atoms with E-state index < -0.39 is 0 Å². The summed E-state index contributed by atoms with van der Waals surface area (Å²) in [5.74, 6) is 2.28. The summed E-state index contributed by atoms with van der Waals surface area (Å²) in [6, 6.07) is 7.65. The fraction of sp³-hybridized carbons (Fsp3) is 0.458. The zero-order valence-corrected chi connectivity index (χ0v) is 19.4. The van der Waals surface area contributed by atoms with Crippen LogP contribution in [-0.2, 0) is 6.54 Å². The highest BCUT2D eigenvalue weighted by Crippen LogP contribution is 2.33. The van der Waals surface area contributed by atoms with E-state index >= 15 is 0 Å². The lowest BCUT2D eigenvalue weighted by Crippen LogP contribution is -2.31. The van der Waals surface area contributed by atoms with Crippen LogP contribution in [0.25, 0.3) is 22.8 Å². The molecule has 8 heteroatoms. The average molecular weight is 440 g/mol. The molecule has 0 saturated heterocycles. The SMILES string of the molecule is CCOc1ccc(-c2nc(-c3cncc(CNCCN(CC)CC)c3)no2)cc1OCC. The zero-order chi connectivity index (χ0) is 22.8. The number of nitrogens with one attached hydrogen (secondary N) is 1. The van der Waals surface area contributed by atoms with Gasteiger partial charge in [-0.15, -0.1) is 0 Å². The van der Waals surface area contributed by atoms with Crippen LogP contribution in [-0.4, -0.2) is 59.4 Å². The van der Waals surface area contributed by atoms with Gasteiger partial charge < -0.3 is 24.2 Å². The molecule has 2 heterocycles. The van der Waals surface area contributed by atoms with Gasteiger partial charge in [0, 0.05) is 43.2 Å². The number of hydrogen-bond acceptors (Lipinski definition) is 8. The Morgan fingerprint density at radius 1 is 0.938 bits per heavy atom. The summed E-state index contributed by atoms with van der Waals surface area (Å²) in [5.41, 5.74) is 2.67. The second kappa shape index (κ2) is 12.2. The third kappa shape index (κ3) is 6.27. The van der Waals surface area contributed by atoms with Crippen LogP contribution in [0, 0.1) is 0 Å². The van der Waals surface area contributed by atoms with E-state index in [0.717, 1.165) is 49.4 Å². The molecule has 0 unspecified atom stereocenters. The first-order valence-corrected chi connectivity index (χ1v) is 11.3. The smallest absolute Gasteiger partial charge is 0.258 e. The van der Waals surface area contributed by atoms with E-state index in [1.807, 2.05) is 44.3 Å². The molecule has 0 aliphatic heterocycles. The molecule has 0 atom stereocenters. The fourth-order valence-electron chi connectivity index (χ4n) is 3.36. The maximum atomic E-state index is 5.70. The lowest BCUT2D eigenvalue weighted by atomic mass is 10.2. The molecule has 32 heavy (non-hydrogen) atoms. The molecule has 1 N–H and O–H groups in total. The molecule has 172 valence electrons. The Morgan fingerprint density at radius 2 is 1.72 bits per heavy atom. The predicted octanol–water partition coefficient (Wildman–Crippen LogP) is 4.03. The van der Waals surface area contributed by atoms with Gasteiger partial charge in [0.2, 0.25) is 5.82 Å². The average Bonchev–Trinajstić information content (AvgIpc) is 3.31. The number of benzene rings is 1. The molecule has 8 nitrogen and oxygen atoms in total. The Morgan fingerprint density at radius 3 is 2.47 bits per heavy atom. The minimum atomic E-state index is 0.423. The van der Waals surface area contributed by atoms with Gasteiger partial charge in [0.05, 0.1) is 13.2 Å². The number of aromatic nitrogens is 3. The topological polar surface area (TPSA) is 85.5 Å². The second-order valence-corrected chi connectivity index (χ2v) is 7.24. The molecule has 0 spiro atoms. The molecule has 0 aliphatic rings. The predicted molar refractivity (Wildman–Crippen MR) is 125 cm³/mol. The maximum absolute atomic E-state index is 5.70. The summed E-state index contributed by atoms with van der Waals surface area (Å²) in [7, 11) is 0. The van der Waals surface area contributed by atoms with Crippen molar-refractivity contribution in [1.29, 1.82) is 0 Å².